The van der Waals surface area contributed by atoms with Crippen LogP contribution in [0, 0.1) is 6.92 Å². The topological polar surface area (TPSA) is 62.8 Å². The first kappa shape index (κ1) is 17.1. The Morgan fingerprint density at radius 1 is 1.16 bits per heavy atom. The van der Waals surface area contributed by atoms with E-state index >= 15 is 0 Å². The number of halogens is 3. The third-order valence-corrected chi connectivity index (χ3v) is 3.47. The monoisotopic (exact) mass is 350 g/mol. The number of aromatic nitrogens is 3. The second-order valence-electron chi connectivity index (χ2n) is 5.61. The van der Waals surface area contributed by atoms with Crippen LogP contribution in [0.15, 0.2) is 30.3 Å². The maximum atomic E-state index is 13.0. The van der Waals surface area contributed by atoms with E-state index in [1.54, 1.807) is 37.3 Å². The molecular weight excluding hydrogens is 333 g/mol. The smallest absolute Gasteiger partial charge is 0.451 e. The fourth-order valence-corrected chi connectivity index (χ4v) is 2.35. The second kappa shape index (κ2) is 6.62. The molecular formula is C17H17F3N4O. The van der Waals surface area contributed by atoms with Crippen molar-refractivity contribution in [3.05, 3.63) is 41.9 Å². The number of aromatic amines is 1. The minimum absolute atomic E-state index is 0.101. The number of aryl methyl sites for hydroxylation is 1. The molecule has 3 rings (SSSR count). The van der Waals surface area contributed by atoms with Gasteiger partial charge < -0.3 is 15.0 Å². The summed E-state index contributed by atoms with van der Waals surface area (Å²) in [4.78, 5) is 10.0. The lowest BCUT2D eigenvalue weighted by atomic mass is 10.2. The minimum Gasteiger partial charge on any atom is -0.494 e. The van der Waals surface area contributed by atoms with Gasteiger partial charge in [0, 0.05) is 11.4 Å². The van der Waals surface area contributed by atoms with Crippen LogP contribution in [-0.2, 0) is 6.18 Å². The lowest BCUT2D eigenvalue weighted by Gasteiger charge is -2.11. The number of hydrogen-bond acceptors (Lipinski definition) is 4. The van der Waals surface area contributed by atoms with E-state index in [1.165, 1.54) is 0 Å². The Labute approximate surface area is 142 Å². The summed E-state index contributed by atoms with van der Waals surface area (Å²) in [6, 6.07) is 8.67. The third-order valence-electron chi connectivity index (χ3n) is 3.47. The number of benzene rings is 1. The normalized spacial score (nSPS) is 11.7. The van der Waals surface area contributed by atoms with Crippen LogP contribution in [-0.4, -0.2) is 21.6 Å². The van der Waals surface area contributed by atoms with E-state index in [2.05, 4.69) is 20.3 Å². The van der Waals surface area contributed by atoms with Crippen LogP contribution in [0.2, 0.25) is 0 Å². The van der Waals surface area contributed by atoms with Crippen molar-refractivity contribution < 1.29 is 17.9 Å². The highest BCUT2D eigenvalue weighted by atomic mass is 19.4. The van der Waals surface area contributed by atoms with Gasteiger partial charge in [-0.15, -0.1) is 0 Å². The molecule has 1 aromatic carbocycles. The molecule has 8 heteroatoms. The van der Waals surface area contributed by atoms with Crippen molar-refractivity contribution in [2.24, 2.45) is 0 Å². The highest BCUT2D eigenvalue weighted by molar-refractivity contribution is 5.89. The van der Waals surface area contributed by atoms with Gasteiger partial charge in [-0.25, -0.2) is 9.97 Å². The largest absolute Gasteiger partial charge is 0.494 e. The molecule has 2 heterocycles. The molecule has 5 nitrogen and oxygen atoms in total. The average molecular weight is 350 g/mol. The Morgan fingerprint density at radius 2 is 1.88 bits per heavy atom. The molecule has 2 aromatic heterocycles. The van der Waals surface area contributed by atoms with Crippen molar-refractivity contribution in [2.45, 2.75) is 26.4 Å². The molecule has 0 saturated heterocycles. The number of hydrogen-bond donors (Lipinski definition) is 2. The second-order valence-corrected chi connectivity index (χ2v) is 5.61. The van der Waals surface area contributed by atoms with Crippen LogP contribution in [0.1, 0.15) is 24.9 Å². The summed E-state index contributed by atoms with van der Waals surface area (Å²) in [5, 5.41) is 3.43. The summed E-state index contributed by atoms with van der Waals surface area (Å²) in [7, 11) is 0. The van der Waals surface area contributed by atoms with Gasteiger partial charge in [0.05, 0.1) is 12.0 Å². The molecule has 0 atom stereocenters. The zero-order valence-corrected chi connectivity index (χ0v) is 13.7. The first-order valence-corrected chi connectivity index (χ1v) is 7.81. The Kier molecular flexibility index (Phi) is 4.52. The first-order chi connectivity index (χ1) is 11.9. The van der Waals surface area contributed by atoms with Gasteiger partial charge in [-0.3, -0.25) is 0 Å². The van der Waals surface area contributed by atoms with Gasteiger partial charge in [-0.1, -0.05) is 6.92 Å². The molecule has 0 spiro atoms. The van der Waals surface area contributed by atoms with Crippen molar-refractivity contribution in [3.8, 4) is 5.75 Å². The number of fused-ring (bicyclic) bond motifs is 1. The highest BCUT2D eigenvalue weighted by Gasteiger charge is 2.35. The molecule has 0 fully saturated rings. The Bertz CT molecular complexity index is 872. The summed E-state index contributed by atoms with van der Waals surface area (Å²) in [5.74, 6) is -0.384. The van der Waals surface area contributed by atoms with Gasteiger partial charge in [0.1, 0.15) is 17.2 Å². The number of nitrogens with one attached hydrogen (secondary N) is 2. The standard InChI is InChI=1S/C17H17F3N4O/c1-3-8-25-12-6-4-11(5-7-12)22-15-13-9-10(2)21-14(13)23-16(24-15)17(18,19)20/h4-7,9H,3,8H2,1-2H3,(H2,21,22,23,24). The van der Waals surface area contributed by atoms with E-state index in [1.807, 2.05) is 6.92 Å². The Balaban J connectivity index is 1.94. The van der Waals surface area contributed by atoms with Crippen LogP contribution in [0.5, 0.6) is 5.75 Å². The molecule has 3 aromatic rings. The maximum absolute atomic E-state index is 13.0. The van der Waals surface area contributed by atoms with Crippen molar-refractivity contribution in [2.75, 3.05) is 11.9 Å². The summed E-state index contributed by atoms with van der Waals surface area (Å²) in [6.07, 6.45) is -3.73. The van der Waals surface area contributed by atoms with Gasteiger partial charge in [-0.05, 0) is 43.7 Å². The summed E-state index contributed by atoms with van der Waals surface area (Å²) in [6.45, 7) is 4.36. The fraction of sp³-hybridized carbons (Fsp3) is 0.294. The van der Waals surface area contributed by atoms with Crippen LogP contribution >= 0.6 is 0 Å². The molecule has 0 bridgehead atoms. The molecule has 0 aliphatic heterocycles. The Morgan fingerprint density at radius 3 is 2.52 bits per heavy atom. The number of anilines is 2. The van der Waals surface area contributed by atoms with Gasteiger partial charge in [0.15, 0.2) is 0 Å². The number of H-pyrrole nitrogens is 1. The van der Waals surface area contributed by atoms with Gasteiger partial charge >= 0.3 is 6.18 Å². The lowest BCUT2D eigenvalue weighted by Crippen LogP contribution is -2.12. The molecule has 0 aliphatic rings. The van der Waals surface area contributed by atoms with E-state index in [9.17, 15) is 13.2 Å². The lowest BCUT2D eigenvalue weighted by molar-refractivity contribution is -0.144. The van der Waals surface area contributed by atoms with Crippen molar-refractivity contribution in [3.63, 3.8) is 0 Å². The highest BCUT2D eigenvalue weighted by Crippen LogP contribution is 2.32. The predicted molar refractivity (Wildman–Crippen MR) is 89.1 cm³/mol. The number of rotatable bonds is 5. The van der Waals surface area contributed by atoms with Crippen molar-refractivity contribution >= 4 is 22.5 Å². The zero-order chi connectivity index (χ0) is 18.0. The van der Waals surface area contributed by atoms with E-state index in [-0.39, 0.29) is 11.5 Å². The molecule has 0 radical (unpaired) electrons. The third kappa shape index (κ3) is 3.84. The maximum Gasteiger partial charge on any atom is 0.451 e. The molecule has 0 saturated carbocycles. The summed E-state index contributed by atoms with van der Waals surface area (Å²) in [5.41, 5.74) is 1.45. The minimum atomic E-state index is -4.62. The van der Waals surface area contributed by atoms with Gasteiger partial charge in [0.2, 0.25) is 5.82 Å². The molecule has 132 valence electrons. The average Bonchev–Trinajstić information content (AvgIpc) is 2.94. The van der Waals surface area contributed by atoms with Crippen LogP contribution < -0.4 is 10.1 Å². The number of nitrogens with zero attached hydrogens (tertiary/aromatic N) is 2. The molecule has 0 amide bonds. The quantitative estimate of drug-likeness (QED) is 0.693. The van der Waals surface area contributed by atoms with Gasteiger partial charge in [0.25, 0.3) is 0 Å². The van der Waals surface area contributed by atoms with E-state index < -0.39 is 12.0 Å². The van der Waals surface area contributed by atoms with E-state index in [4.69, 9.17) is 4.74 Å². The van der Waals surface area contributed by atoms with Crippen LogP contribution in [0.4, 0.5) is 24.7 Å². The Hall–Kier alpha value is -2.77. The van der Waals surface area contributed by atoms with Crippen molar-refractivity contribution in [1.29, 1.82) is 0 Å². The molecule has 0 unspecified atom stereocenters. The summed E-state index contributed by atoms with van der Waals surface area (Å²) >= 11 is 0. The van der Waals surface area contributed by atoms with Crippen molar-refractivity contribution in [1.82, 2.24) is 15.0 Å². The van der Waals surface area contributed by atoms with Crippen LogP contribution in [0.3, 0.4) is 0 Å². The van der Waals surface area contributed by atoms with Gasteiger partial charge in [-0.2, -0.15) is 13.2 Å². The number of ether oxygens (including phenoxy) is 1. The van der Waals surface area contributed by atoms with E-state index in [0.717, 1.165) is 6.42 Å². The SMILES string of the molecule is CCCOc1ccc(Nc2nc(C(F)(F)F)nc3[nH]c(C)cc23)cc1. The number of alkyl halides is 3. The molecule has 25 heavy (non-hydrogen) atoms. The molecule has 2 N–H and O–H groups in total. The zero-order valence-electron chi connectivity index (χ0n) is 13.7. The van der Waals surface area contributed by atoms with Crippen LogP contribution in [0.25, 0.3) is 11.0 Å². The van der Waals surface area contributed by atoms with E-state index in [0.29, 0.717) is 29.1 Å². The summed E-state index contributed by atoms with van der Waals surface area (Å²) < 4.78 is 44.6. The predicted octanol–water partition coefficient (Wildman–Crippen LogP) is 4.82. The fourth-order valence-electron chi connectivity index (χ4n) is 2.35. The molecule has 0 aliphatic carbocycles. The first-order valence-electron chi connectivity index (χ1n) is 7.81.